The number of hydrogen-bond donors (Lipinski definition) is 2. The number of thiophene rings is 1. The Morgan fingerprint density at radius 3 is 3.00 bits per heavy atom. The first kappa shape index (κ1) is 10.6. The van der Waals surface area contributed by atoms with Crippen LogP contribution in [0, 0.1) is 0 Å². The number of carbonyl (C=O) groups is 1. The highest BCUT2D eigenvalue weighted by atomic mass is 32.1. The topological polar surface area (TPSA) is 44.4 Å². The summed E-state index contributed by atoms with van der Waals surface area (Å²) in [4.78, 5) is 14.6. The van der Waals surface area contributed by atoms with E-state index >= 15 is 0 Å². The van der Waals surface area contributed by atoms with E-state index in [0.29, 0.717) is 6.67 Å². The van der Waals surface area contributed by atoms with Gasteiger partial charge in [0.05, 0.1) is 11.5 Å². The van der Waals surface area contributed by atoms with Crippen molar-refractivity contribution in [2.45, 2.75) is 0 Å². The lowest BCUT2D eigenvalue weighted by Gasteiger charge is -2.27. The Labute approximate surface area is 93.3 Å². The molecule has 1 aromatic heterocycles. The van der Waals surface area contributed by atoms with Crippen LogP contribution in [-0.4, -0.2) is 43.7 Å². The summed E-state index contributed by atoms with van der Waals surface area (Å²) < 4.78 is 0. The standard InChI is InChI=1S/C10H15N3OS/c14-10(9-2-1-7-15-9)12-8-13-5-3-11-4-6-13/h1-2,7,11H,3-6,8H2,(H,12,14). The Morgan fingerprint density at radius 2 is 2.33 bits per heavy atom. The zero-order valence-electron chi connectivity index (χ0n) is 8.53. The van der Waals surface area contributed by atoms with Gasteiger partial charge >= 0.3 is 0 Å². The highest BCUT2D eigenvalue weighted by Crippen LogP contribution is 2.07. The van der Waals surface area contributed by atoms with E-state index in [1.165, 1.54) is 11.3 Å². The third-order valence-corrected chi connectivity index (χ3v) is 3.29. The Bertz CT molecular complexity index is 306. The molecule has 5 heteroatoms. The normalized spacial score (nSPS) is 17.6. The number of rotatable bonds is 3. The molecule has 2 heterocycles. The average Bonchev–Trinajstić information content (AvgIpc) is 2.81. The predicted octanol–water partition coefficient (Wildman–Crippen LogP) is 0.341. The van der Waals surface area contributed by atoms with E-state index < -0.39 is 0 Å². The highest BCUT2D eigenvalue weighted by Gasteiger charge is 2.11. The summed E-state index contributed by atoms with van der Waals surface area (Å²) in [6, 6.07) is 3.74. The van der Waals surface area contributed by atoms with Crippen molar-refractivity contribution in [1.82, 2.24) is 15.5 Å². The maximum Gasteiger partial charge on any atom is 0.262 e. The summed E-state index contributed by atoms with van der Waals surface area (Å²) in [6.07, 6.45) is 0. The number of piperazine rings is 1. The van der Waals surface area contributed by atoms with Crippen LogP contribution in [0.25, 0.3) is 0 Å². The summed E-state index contributed by atoms with van der Waals surface area (Å²) in [5.41, 5.74) is 0. The molecule has 0 radical (unpaired) electrons. The third kappa shape index (κ3) is 3.02. The minimum atomic E-state index is 0.0310. The second-order valence-electron chi connectivity index (χ2n) is 3.51. The van der Waals surface area contributed by atoms with Crippen molar-refractivity contribution in [2.24, 2.45) is 0 Å². The lowest BCUT2D eigenvalue weighted by molar-refractivity contribution is 0.0921. The van der Waals surface area contributed by atoms with Crippen LogP contribution in [0.3, 0.4) is 0 Å². The van der Waals surface area contributed by atoms with E-state index in [9.17, 15) is 4.79 Å². The monoisotopic (exact) mass is 225 g/mol. The summed E-state index contributed by atoms with van der Waals surface area (Å²) >= 11 is 1.47. The van der Waals surface area contributed by atoms with Gasteiger partial charge in [-0.2, -0.15) is 0 Å². The molecule has 2 N–H and O–H groups in total. The Kier molecular flexibility index (Phi) is 3.71. The molecule has 0 atom stereocenters. The van der Waals surface area contributed by atoms with Crippen LogP contribution in [0.4, 0.5) is 0 Å². The molecule has 0 aromatic carbocycles. The van der Waals surface area contributed by atoms with Crippen LogP contribution in [0.2, 0.25) is 0 Å². The van der Waals surface area contributed by atoms with Gasteiger partial charge in [-0.1, -0.05) is 6.07 Å². The summed E-state index contributed by atoms with van der Waals surface area (Å²) in [7, 11) is 0. The van der Waals surface area contributed by atoms with Gasteiger partial charge in [0.2, 0.25) is 0 Å². The summed E-state index contributed by atoms with van der Waals surface area (Å²) in [5.74, 6) is 0.0310. The molecule has 4 nitrogen and oxygen atoms in total. The molecule has 1 fully saturated rings. The lowest BCUT2D eigenvalue weighted by Crippen LogP contribution is -2.48. The van der Waals surface area contributed by atoms with E-state index in [-0.39, 0.29) is 5.91 Å². The molecule has 82 valence electrons. The van der Waals surface area contributed by atoms with Gasteiger partial charge in [-0.05, 0) is 11.4 Å². The fourth-order valence-corrected chi connectivity index (χ4v) is 2.19. The van der Waals surface area contributed by atoms with Crippen molar-refractivity contribution in [2.75, 3.05) is 32.8 Å². The average molecular weight is 225 g/mol. The first-order chi connectivity index (χ1) is 7.36. The largest absolute Gasteiger partial charge is 0.339 e. The Morgan fingerprint density at radius 1 is 1.53 bits per heavy atom. The second kappa shape index (κ2) is 5.25. The Balaban J connectivity index is 1.75. The number of hydrogen-bond acceptors (Lipinski definition) is 4. The zero-order chi connectivity index (χ0) is 10.5. The minimum Gasteiger partial charge on any atom is -0.339 e. The van der Waals surface area contributed by atoms with Crippen molar-refractivity contribution in [1.29, 1.82) is 0 Å². The van der Waals surface area contributed by atoms with Gasteiger partial charge in [0.15, 0.2) is 0 Å². The van der Waals surface area contributed by atoms with Crippen LogP contribution < -0.4 is 10.6 Å². The molecule has 2 rings (SSSR count). The molecule has 1 aromatic rings. The fraction of sp³-hybridized carbons (Fsp3) is 0.500. The van der Waals surface area contributed by atoms with E-state index in [4.69, 9.17) is 0 Å². The summed E-state index contributed by atoms with van der Waals surface area (Å²) in [6.45, 7) is 4.68. The zero-order valence-corrected chi connectivity index (χ0v) is 9.35. The first-order valence-electron chi connectivity index (χ1n) is 5.11. The quantitative estimate of drug-likeness (QED) is 0.780. The highest BCUT2D eigenvalue weighted by molar-refractivity contribution is 7.12. The summed E-state index contributed by atoms with van der Waals surface area (Å²) in [5, 5.41) is 8.12. The van der Waals surface area contributed by atoms with Crippen molar-refractivity contribution in [3.63, 3.8) is 0 Å². The molecule has 0 bridgehead atoms. The van der Waals surface area contributed by atoms with Crippen LogP contribution in [-0.2, 0) is 0 Å². The van der Waals surface area contributed by atoms with Crippen molar-refractivity contribution in [3.8, 4) is 0 Å². The van der Waals surface area contributed by atoms with E-state index in [0.717, 1.165) is 31.1 Å². The van der Waals surface area contributed by atoms with Gasteiger partial charge in [-0.25, -0.2) is 0 Å². The maximum atomic E-state index is 11.6. The van der Waals surface area contributed by atoms with Crippen molar-refractivity contribution >= 4 is 17.2 Å². The van der Waals surface area contributed by atoms with Crippen LogP contribution in [0.15, 0.2) is 17.5 Å². The number of carbonyl (C=O) groups excluding carboxylic acids is 1. The molecule has 0 aliphatic carbocycles. The predicted molar refractivity (Wildman–Crippen MR) is 61.1 cm³/mol. The van der Waals surface area contributed by atoms with Gasteiger partial charge < -0.3 is 10.6 Å². The first-order valence-corrected chi connectivity index (χ1v) is 5.99. The molecule has 1 aliphatic heterocycles. The third-order valence-electron chi connectivity index (χ3n) is 2.42. The van der Waals surface area contributed by atoms with Gasteiger partial charge in [-0.3, -0.25) is 9.69 Å². The van der Waals surface area contributed by atoms with Crippen LogP contribution >= 0.6 is 11.3 Å². The Hall–Kier alpha value is -0.910. The molecular formula is C10H15N3OS. The number of nitrogens with zero attached hydrogens (tertiary/aromatic N) is 1. The van der Waals surface area contributed by atoms with Crippen LogP contribution in [0.1, 0.15) is 9.67 Å². The lowest BCUT2D eigenvalue weighted by atomic mass is 10.4. The van der Waals surface area contributed by atoms with Crippen LogP contribution in [0.5, 0.6) is 0 Å². The molecule has 0 spiro atoms. The number of amides is 1. The molecule has 0 saturated carbocycles. The fourth-order valence-electron chi connectivity index (χ4n) is 1.55. The van der Waals surface area contributed by atoms with Crippen molar-refractivity contribution in [3.05, 3.63) is 22.4 Å². The minimum absolute atomic E-state index is 0.0310. The molecule has 1 saturated heterocycles. The SMILES string of the molecule is O=C(NCN1CCNCC1)c1cccs1. The van der Waals surface area contributed by atoms with Gasteiger partial charge in [0.1, 0.15) is 0 Å². The van der Waals surface area contributed by atoms with E-state index in [1.54, 1.807) is 0 Å². The molecule has 0 unspecified atom stereocenters. The van der Waals surface area contributed by atoms with Gasteiger partial charge in [0.25, 0.3) is 5.91 Å². The van der Waals surface area contributed by atoms with Gasteiger partial charge in [-0.15, -0.1) is 11.3 Å². The van der Waals surface area contributed by atoms with E-state index in [2.05, 4.69) is 15.5 Å². The van der Waals surface area contributed by atoms with E-state index in [1.807, 2.05) is 17.5 Å². The van der Waals surface area contributed by atoms with Crippen molar-refractivity contribution < 1.29 is 4.79 Å². The second-order valence-corrected chi connectivity index (χ2v) is 4.46. The smallest absolute Gasteiger partial charge is 0.262 e. The van der Waals surface area contributed by atoms with Gasteiger partial charge in [0, 0.05) is 26.2 Å². The number of nitrogens with one attached hydrogen (secondary N) is 2. The molecular weight excluding hydrogens is 210 g/mol. The molecule has 15 heavy (non-hydrogen) atoms. The molecule has 1 amide bonds. The maximum absolute atomic E-state index is 11.6. The molecule has 1 aliphatic rings.